The van der Waals surface area contributed by atoms with E-state index in [4.69, 9.17) is 14.2 Å². The molecular weight excluding hydrogens is 560 g/mol. The maximum atomic E-state index is 13.6. The molecule has 10 nitrogen and oxygen atoms in total. The summed E-state index contributed by atoms with van der Waals surface area (Å²) in [5.41, 5.74) is 2.27. The van der Waals surface area contributed by atoms with Crippen LogP contribution in [0.2, 0.25) is 0 Å². The van der Waals surface area contributed by atoms with E-state index in [1.165, 1.54) is 0 Å². The number of hydrogen-bond donors (Lipinski definition) is 1. The van der Waals surface area contributed by atoms with Gasteiger partial charge in [-0.1, -0.05) is 36.4 Å². The normalized spacial score (nSPS) is 17.2. The highest BCUT2D eigenvalue weighted by Gasteiger charge is 2.39. The molecule has 3 aromatic carbocycles. The van der Waals surface area contributed by atoms with E-state index < -0.39 is 12.0 Å². The summed E-state index contributed by atoms with van der Waals surface area (Å²) < 4.78 is 16.9. The van der Waals surface area contributed by atoms with Gasteiger partial charge in [-0.25, -0.2) is 9.59 Å². The molecule has 3 amide bonds. The maximum Gasteiger partial charge on any atom is 0.338 e. The summed E-state index contributed by atoms with van der Waals surface area (Å²) in [5, 5.41) is 3.02. The molecule has 0 aromatic heterocycles. The molecule has 1 N–H and O–H groups in total. The fourth-order valence-electron chi connectivity index (χ4n) is 5.55. The Bertz CT molecular complexity index is 1520. The zero-order valence-corrected chi connectivity index (χ0v) is 25.3. The number of esters is 1. The number of piperazine rings is 1. The number of rotatable bonds is 10. The number of methoxy groups -OCH3 is 1. The summed E-state index contributed by atoms with van der Waals surface area (Å²) in [4.78, 5) is 45.7. The summed E-state index contributed by atoms with van der Waals surface area (Å²) >= 11 is 0. The SMILES string of the molecule is CCOC(=O)C1=C(CN2CCN(C(=O)c3cccc(OC)c3)CC2)N(CC)C(=O)N[C@H]1c1cccc(Oc2ccccc2)c1. The molecule has 0 radical (unpaired) electrons. The summed E-state index contributed by atoms with van der Waals surface area (Å²) in [6.07, 6.45) is 0. The first-order chi connectivity index (χ1) is 21.4. The molecule has 1 atom stereocenters. The summed E-state index contributed by atoms with van der Waals surface area (Å²) in [6.45, 7) is 6.76. The van der Waals surface area contributed by atoms with Crippen molar-refractivity contribution >= 4 is 17.9 Å². The molecule has 0 spiro atoms. The van der Waals surface area contributed by atoms with Crippen LogP contribution in [0.15, 0.2) is 90.1 Å². The topological polar surface area (TPSA) is 101 Å². The van der Waals surface area contributed by atoms with Crippen LogP contribution < -0.4 is 14.8 Å². The lowest BCUT2D eigenvalue weighted by atomic mass is 9.94. The van der Waals surface area contributed by atoms with Crippen molar-refractivity contribution in [3.63, 3.8) is 0 Å². The third kappa shape index (κ3) is 6.86. The number of amides is 3. The van der Waals surface area contributed by atoms with Crippen molar-refractivity contribution in [1.29, 1.82) is 0 Å². The van der Waals surface area contributed by atoms with Crippen LogP contribution in [-0.4, -0.2) is 85.6 Å². The average molecular weight is 599 g/mol. The van der Waals surface area contributed by atoms with Gasteiger partial charge >= 0.3 is 12.0 Å². The molecule has 230 valence electrons. The minimum atomic E-state index is -0.727. The van der Waals surface area contributed by atoms with Gasteiger partial charge in [0.15, 0.2) is 0 Å². The van der Waals surface area contributed by atoms with Crippen molar-refractivity contribution in [2.45, 2.75) is 19.9 Å². The van der Waals surface area contributed by atoms with Crippen molar-refractivity contribution < 1.29 is 28.6 Å². The number of nitrogens with one attached hydrogen (secondary N) is 1. The van der Waals surface area contributed by atoms with Gasteiger partial charge in [-0.15, -0.1) is 0 Å². The predicted molar refractivity (Wildman–Crippen MR) is 166 cm³/mol. The fourth-order valence-corrected chi connectivity index (χ4v) is 5.55. The summed E-state index contributed by atoms with van der Waals surface area (Å²) in [6, 6.07) is 22.9. The quantitative estimate of drug-likeness (QED) is 0.333. The highest BCUT2D eigenvalue weighted by atomic mass is 16.5. The minimum absolute atomic E-state index is 0.0557. The fraction of sp³-hybridized carbons (Fsp3) is 0.324. The number of para-hydroxylation sites is 1. The van der Waals surface area contributed by atoms with E-state index in [0.29, 0.717) is 78.9 Å². The van der Waals surface area contributed by atoms with E-state index in [9.17, 15) is 14.4 Å². The van der Waals surface area contributed by atoms with Crippen molar-refractivity contribution in [3.8, 4) is 17.2 Å². The third-order valence-electron chi connectivity index (χ3n) is 7.77. The number of urea groups is 1. The number of nitrogens with zero attached hydrogens (tertiary/aromatic N) is 3. The Morgan fingerprint density at radius 1 is 0.864 bits per heavy atom. The first-order valence-electron chi connectivity index (χ1n) is 14.9. The molecule has 2 aliphatic heterocycles. The van der Waals surface area contributed by atoms with Gasteiger partial charge < -0.3 is 24.4 Å². The molecule has 1 saturated heterocycles. The molecule has 1 fully saturated rings. The lowest BCUT2D eigenvalue weighted by Crippen LogP contribution is -2.53. The number of ether oxygens (including phenoxy) is 3. The Kier molecular flexibility index (Phi) is 9.81. The summed E-state index contributed by atoms with van der Waals surface area (Å²) in [7, 11) is 1.58. The Hall–Kier alpha value is -4.83. The molecule has 2 heterocycles. The van der Waals surface area contributed by atoms with Gasteiger partial charge in [-0.3, -0.25) is 14.6 Å². The van der Waals surface area contributed by atoms with Crippen LogP contribution >= 0.6 is 0 Å². The number of hydrogen-bond acceptors (Lipinski definition) is 7. The number of carbonyl (C=O) groups is 3. The molecule has 10 heteroatoms. The van der Waals surface area contributed by atoms with Crippen LogP contribution in [0, 0.1) is 0 Å². The number of likely N-dealkylation sites (N-methyl/N-ethyl adjacent to an activating group) is 1. The Labute approximate surface area is 257 Å². The number of benzene rings is 3. The second-order valence-electron chi connectivity index (χ2n) is 10.5. The first-order valence-corrected chi connectivity index (χ1v) is 14.9. The molecule has 0 saturated carbocycles. The second-order valence-corrected chi connectivity index (χ2v) is 10.5. The highest BCUT2D eigenvalue weighted by molar-refractivity contribution is 5.96. The molecule has 3 aromatic rings. The second kappa shape index (κ2) is 14.1. The van der Waals surface area contributed by atoms with Crippen LogP contribution in [-0.2, 0) is 9.53 Å². The van der Waals surface area contributed by atoms with Gasteiger partial charge in [0.25, 0.3) is 5.91 Å². The zero-order chi connectivity index (χ0) is 31.1. The Morgan fingerprint density at radius 2 is 1.57 bits per heavy atom. The van der Waals surface area contributed by atoms with Gasteiger partial charge in [0.2, 0.25) is 0 Å². The monoisotopic (exact) mass is 598 g/mol. The first kappa shape index (κ1) is 30.6. The smallest absolute Gasteiger partial charge is 0.338 e. The molecule has 5 rings (SSSR count). The zero-order valence-electron chi connectivity index (χ0n) is 25.3. The molecule has 0 unspecified atom stereocenters. The molecule has 0 aliphatic carbocycles. The van der Waals surface area contributed by atoms with Gasteiger partial charge in [0, 0.05) is 50.5 Å². The third-order valence-corrected chi connectivity index (χ3v) is 7.77. The average Bonchev–Trinajstić information content (AvgIpc) is 3.05. The lowest BCUT2D eigenvalue weighted by Gasteiger charge is -2.40. The van der Waals surface area contributed by atoms with E-state index in [1.807, 2.05) is 72.5 Å². The predicted octanol–water partition coefficient (Wildman–Crippen LogP) is 4.85. The number of carbonyl (C=O) groups excluding carboxylic acids is 3. The highest BCUT2D eigenvalue weighted by Crippen LogP contribution is 2.34. The van der Waals surface area contributed by atoms with Gasteiger partial charge in [-0.05, 0) is 61.9 Å². The molecule has 44 heavy (non-hydrogen) atoms. The van der Waals surface area contributed by atoms with Crippen molar-refractivity contribution in [1.82, 2.24) is 20.0 Å². The molecule has 2 aliphatic rings. The van der Waals surface area contributed by atoms with Crippen LogP contribution in [0.3, 0.4) is 0 Å². The van der Waals surface area contributed by atoms with E-state index in [1.54, 1.807) is 37.1 Å². The van der Waals surface area contributed by atoms with E-state index in [0.717, 1.165) is 0 Å². The largest absolute Gasteiger partial charge is 0.497 e. The van der Waals surface area contributed by atoms with E-state index in [-0.39, 0.29) is 18.5 Å². The summed E-state index contributed by atoms with van der Waals surface area (Å²) in [5.74, 6) is 1.37. The Morgan fingerprint density at radius 3 is 2.27 bits per heavy atom. The van der Waals surface area contributed by atoms with Crippen LogP contribution in [0.5, 0.6) is 17.2 Å². The van der Waals surface area contributed by atoms with Gasteiger partial charge in [-0.2, -0.15) is 0 Å². The van der Waals surface area contributed by atoms with Crippen LogP contribution in [0.25, 0.3) is 0 Å². The Balaban J connectivity index is 1.40. The maximum absolute atomic E-state index is 13.6. The standard InChI is InChI=1S/C34H38N4O6/c1-4-38-29(23-36-17-19-37(20-18-36)32(39)25-12-10-15-27(22-25)42-3)30(33(40)43-5-2)31(35-34(38)41)24-11-9-16-28(21-24)44-26-13-7-6-8-14-26/h6-16,21-22,31H,4-5,17-20,23H2,1-3H3,(H,35,41)/t31-/m0/s1. The van der Waals surface area contributed by atoms with Crippen molar-refractivity contribution in [2.24, 2.45) is 0 Å². The lowest BCUT2D eigenvalue weighted by molar-refractivity contribution is -0.139. The molecular formula is C34H38N4O6. The van der Waals surface area contributed by atoms with Crippen LogP contribution in [0.4, 0.5) is 4.79 Å². The van der Waals surface area contributed by atoms with Gasteiger partial charge in [0.1, 0.15) is 17.2 Å². The minimum Gasteiger partial charge on any atom is -0.497 e. The van der Waals surface area contributed by atoms with E-state index in [2.05, 4.69) is 10.2 Å². The van der Waals surface area contributed by atoms with Crippen molar-refractivity contribution in [3.05, 3.63) is 101 Å². The van der Waals surface area contributed by atoms with Gasteiger partial charge in [0.05, 0.1) is 25.3 Å². The van der Waals surface area contributed by atoms with Crippen molar-refractivity contribution in [2.75, 3.05) is 53.0 Å². The molecule has 0 bridgehead atoms. The van der Waals surface area contributed by atoms with E-state index >= 15 is 0 Å². The van der Waals surface area contributed by atoms with Crippen LogP contribution in [0.1, 0.15) is 35.8 Å².